The van der Waals surface area contributed by atoms with Gasteiger partial charge in [-0.25, -0.2) is 19.2 Å². The maximum atomic E-state index is 16.0. The smallest absolute Gasteiger partial charge is 0.407 e. The van der Waals surface area contributed by atoms with Gasteiger partial charge in [0.25, 0.3) is 5.91 Å². The largest absolute Gasteiger partial charge is 0.447 e. The van der Waals surface area contributed by atoms with E-state index in [0.29, 0.717) is 5.56 Å². The lowest BCUT2D eigenvalue weighted by Gasteiger charge is -2.35. The van der Waals surface area contributed by atoms with Crippen molar-refractivity contribution in [2.75, 3.05) is 18.2 Å². The molecule has 1 aliphatic heterocycles. The van der Waals surface area contributed by atoms with E-state index in [4.69, 9.17) is 22.1 Å². The van der Waals surface area contributed by atoms with E-state index in [2.05, 4.69) is 26.9 Å². The van der Waals surface area contributed by atoms with E-state index >= 15 is 4.39 Å². The fourth-order valence-electron chi connectivity index (χ4n) is 6.02. The van der Waals surface area contributed by atoms with Crippen molar-refractivity contribution in [2.24, 2.45) is 26.2 Å². The van der Waals surface area contributed by atoms with Gasteiger partial charge in [0, 0.05) is 17.3 Å². The number of rotatable bonds is 13. The number of nitrogens with one attached hydrogen (secondary N) is 1. The lowest BCUT2D eigenvalue weighted by Crippen LogP contribution is -2.48. The molecule has 2 aliphatic rings. The maximum absolute atomic E-state index is 16.0. The molecule has 3 N–H and O–H groups in total. The van der Waals surface area contributed by atoms with Gasteiger partial charge in [0.2, 0.25) is 0 Å². The molecule has 0 unspecified atom stereocenters. The molecule has 2 heterocycles. The van der Waals surface area contributed by atoms with E-state index in [1.54, 1.807) is 28.5 Å². The summed E-state index contributed by atoms with van der Waals surface area (Å²) in [7, 11) is 0. The summed E-state index contributed by atoms with van der Waals surface area (Å²) in [5.41, 5.74) is 4.47. The Morgan fingerprint density at radius 2 is 1.94 bits per heavy atom. The van der Waals surface area contributed by atoms with Crippen LogP contribution in [-0.4, -0.2) is 71.6 Å². The number of guanidine groups is 1. The predicted molar refractivity (Wildman–Crippen MR) is 186 cm³/mol. The van der Waals surface area contributed by atoms with Crippen molar-refractivity contribution in [1.82, 2.24) is 20.0 Å². The molecule has 2 aromatic carbocycles. The molecule has 19 heteroatoms. The van der Waals surface area contributed by atoms with Crippen LogP contribution in [0.3, 0.4) is 0 Å². The first-order chi connectivity index (χ1) is 24.8. The third kappa shape index (κ3) is 8.92. The van der Waals surface area contributed by atoms with Crippen molar-refractivity contribution >= 4 is 48.3 Å². The van der Waals surface area contributed by atoms with Crippen LogP contribution in [0.5, 0.6) is 0 Å². The zero-order chi connectivity index (χ0) is 38.9. The number of benzene rings is 2. The number of nitrogens with zero attached hydrogens (tertiary/aromatic N) is 7. The van der Waals surface area contributed by atoms with E-state index in [1.165, 1.54) is 24.3 Å². The van der Waals surface area contributed by atoms with Gasteiger partial charge in [-0.1, -0.05) is 50.6 Å². The molecule has 2 atom stereocenters. The average Bonchev–Trinajstić information content (AvgIpc) is 3.75. The fraction of sp³-hybridized carbons (Fsp3) is 0.412. The molecule has 1 saturated carbocycles. The summed E-state index contributed by atoms with van der Waals surface area (Å²) in [5, 5.41) is 9.43. The van der Waals surface area contributed by atoms with Crippen molar-refractivity contribution in [3.63, 3.8) is 0 Å². The summed E-state index contributed by atoms with van der Waals surface area (Å²) < 4.78 is 89.5. The van der Waals surface area contributed by atoms with Crippen LogP contribution < -0.4 is 16.1 Å². The number of amides is 2. The molecule has 0 spiro atoms. The van der Waals surface area contributed by atoms with E-state index in [0.717, 1.165) is 30.1 Å². The summed E-state index contributed by atoms with van der Waals surface area (Å²) in [5.74, 6) is -1.90. The zero-order valence-electron chi connectivity index (χ0n) is 28.7. The van der Waals surface area contributed by atoms with Gasteiger partial charge in [-0.2, -0.15) is 32.2 Å². The first-order valence-corrected chi connectivity index (χ1v) is 16.6. The molecule has 12 nitrogen and oxygen atoms in total. The summed E-state index contributed by atoms with van der Waals surface area (Å²) in [6, 6.07) is 6.63. The number of hydrogen-bond acceptors (Lipinski definition) is 8. The van der Waals surface area contributed by atoms with Crippen molar-refractivity contribution < 1.29 is 40.7 Å². The van der Waals surface area contributed by atoms with Gasteiger partial charge < -0.3 is 15.8 Å². The van der Waals surface area contributed by atoms with E-state index in [1.807, 2.05) is 20.8 Å². The monoisotopic (exact) mass is 767 g/mol. The molecule has 5 rings (SSSR count). The minimum Gasteiger partial charge on any atom is -0.447 e. The van der Waals surface area contributed by atoms with Crippen LogP contribution in [-0.2, 0) is 15.1 Å². The second-order valence-corrected chi connectivity index (χ2v) is 14.1. The normalized spacial score (nSPS) is 18.4. The molecule has 0 bridgehead atoms. The fourth-order valence-corrected chi connectivity index (χ4v) is 6.22. The lowest BCUT2D eigenvalue weighted by atomic mass is 9.75. The van der Waals surface area contributed by atoms with E-state index < -0.39 is 66.7 Å². The number of aliphatic imine (C=N–C) groups is 2. The Morgan fingerprint density at radius 1 is 1.23 bits per heavy atom. The van der Waals surface area contributed by atoms with Crippen LogP contribution in [0.25, 0.3) is 11.1 Å². The van der Waals surface area contributed by atoms with Crippen molar-refractivity contribution in [3.8, 4) is 11.1 Å². The number of nitrogens with two attached hydrogens (primary N) is 1. The highest BCUT2D eigenvalue weighted by molar-refractivity contribution is 6.33. The number of carbonyl (C=O) groups excluding carboxylic acids is 2. The topological polar surface area (TPSA) is 143 Å². The van der Waals surface area contributed by atoms with E-state index in [9.17, 15) is 31.5 Å². The number of aromatic nitrogens is 2. The van der Waals surface area contributed by atoms with Gasteiger partial charge in [0.05, 0.1) is 29.0 Å². The van der Waals surface area contributed by atoms with Gasteiger partial charge in [0.1, 0.15) is 25.3 Å². The summed E-state index contributed by atoms with van der Waals surface area (Å²) >= 11 is 6.27. The molecule has 1 aliphatic carbocycles. The minimum absolute atomic E-state index is 0.00676. The van der Waals surface area contributed by atoms with Crippen molar-refractivity contribution in [2.45, 2.75) is 70.4 Å². The SMILES string of the molecule is C=N/C=N\N(c1cc([C@@H](COC(=O)NCC(F)(F)F)N2C(=O)[C@@](CC(C)(C)C)(c3ccc(-c4cnn(C5CC5)c4)c(F)c3)N=C2N)ccc1Cl)C(F)F. The molecule has 284 valence electrons. The minimum atomic E-state index is -4.76. The molecule has 53 heavy (non-hydrogen) atoms. The number of alkyl halides is 5. The predicted octanol–water partition coefficient (Wildman–Crippen LogP) is 7.17. The van der Waals surface area contributed by atoms with Crippen LogP contribution in [0.15, 0.2) is 63.9 Å². The molecule has 1 aromatic heterocycles. The average molecular weight is 768 g/mol. The third-order valence-electron chi connectivity index (χ3n) is 8.35. The van der Waals surface area contributed by atoms with Crippen LogP contribution in [0.4, 0.5) is 36.8 Å². The van der Waals surface area contributed by atoms with Crippen LogP contribution in [0, 0.1) is 11.2 Å². The number of hydrogen-bond donors (Lipinski definition) is 2. The number of hydrazone groups is 1. The molecule has 0 saturated heterocycles. The van der Waals surface area contributed by atoms with Crippen molar-refractivity contribution in [1.29, 1.82) is 0 Å². The third-order valence-corrected chi connectivity index (χ3v) is 8.67. The molecule has 3 aromatic rings. The number of ether oxygens (including phenoxy) is 1. The van der Waals surface area contributed by atoms with Crippen LogP contribution in [0.1, 0.15) is 63.2 Å². The Kier molecular flexibility index (Phi) is 11.1. The van der Waals surface area contributed by atoms with Gasteiger partial charge in [-0.3, -0.25) is 19.4 Å². The molecule has 2 amide bonds. The molecular weight excluding hydrogens is 732 g/mol. The van der Waals surface area contributed by atoms with Crippen molar-refractivity contribution in [3.05, 3.63) is 70.8 Å². The summed E-state index contributed by atoms with van der Waals surface area (Å²) in [6.45, 7) is 2.83. The highest BCUT2D eigenvalue weighted by atomic mass is 35.5. The number of alkyl carbamates (subject to hydrolysis) is 1. The van der Waals surface area contributed by atoms with Gasteiger partial charge >= 0.3 is 18.8 Å². The standard InChI is InChI=1S/C34H36ClF6N9O3/c1-32(2,3)16-33(21-6-9-23(25(36)12-21)20-13-45-48(14-20)22-7-8-22)28(51)49(30(42)47-33)27(15-53-31(52)44-17-34(39,40)41)19-5-10-24(35)26(11-19)50(29(37)38)46-18-43-4/h5-6,9-14,18,22,27,29H,4,7-8,15-17H2,1-3H3,(H2,42,47)(H,44,52)/b46-18-/t27-,33-/m1/s1. The number of halogens is 7. The first-order valence-electron chi connectivity index (χ1n) is 16.2. The molecule has 0 radical (unpaired) electrons. The van der Waals surface area contributed by atoms with Gasteiger partial charge in [-0.05, 0) is 60.7 Å². The highest BCUT2D eigenvalue weighted by Crippen LogP contribution is 2.46. The number of anilines is 1. The lowest BCUT2D eigenvalue weighted by molar-refractivity contribution is -0.135. The van der Waals surface area contributed by atoms with Crippen LogP contribution >= 0.6 is 11.6 Å². The first kappa shape index (κ1) is 39.1. The Bertz CT molecular complexity index is 1930. The quantitative estimate of drug-likeness (QED) is 0.0621. The van der Waals surface area contributed by atoms with Gasteiger partial charge in [0.15, 0.2) is 11.5 Å². The zero-order valence-corrected chi connectivity index (χ0v) is 29.5. The summed E-state index contributed by atoms with van der Waals surface area (Å²) in [6.07, 6.45) is -0.301. The molecular formula is C34H36ClF6N9O3. The van der Waals surface area contributed by atoms with E-state index in [-0.39, 0.29) is 44.9 Å². The van der Waals surface area contributed by atoms with Gasteiger partial charge in [-0.15, -0.1) is 0 Å². The second-order valence-electron chi connectivity index (χ2n) is 13.7. The Hall–Kier alpha value is -5.13. The highest BCUT2D eigenvalue weighted by Gasteiger charge is 2.53. The maximum Gasteiger partial charge on any atom is 0.407 e. The Balaban J connectivity index is 1.58. The van der Waals surface area contributed by atoms with Crippen LogP contribution in [0.2, 0.25) is 5.02 Å². The second kappa shape index (κ2) is 15.1. The summed E-state index contributed by atoms with van der Waals surface area (Å²) in [4.78, 5) is 36.1. The number of carbonyl (C=O) groups is 2. The Labute approximate surface area is 305 Å². The Morgan fingerprint density at radius 3 is 2.55 bits per heavy atom. The molecule has 1 fully saturated rings.